The summed E-state index contributed by atoms with van der Waals surface area (Å²) in [5.74, 6) is -0.288. The second-order valence-corrected chi connectivity index (χ2v) is 4.64. The van der Waals surface area contributed by atoms with Crippen LogP contribution in [0.25, 0.3) is 0 Å². The van der Waals surface area contributed by atoms with E-state index in [1.165, 1.54) is 0 Å². The van der Waals surface area contributed by atoms with Crippen molar-refractivity contribution in [3.8, 4) is 0 Å². The predicted molar refractivity (Wildman–Crippen MR) is 44.6 cm³/mol. The molecule has 1 aliphatic carbocycles. The van der Waals surface area contributed by atoms with Crippen molar-refractivity contribution < 1.29 is 17.7 Å². The number of ether oxygens (including phenoxy) is 1. The van der Waals surface area contributed by atoms with Gasteiger partial charge in [-0.05, 0) is 12.8 Å². The highest BCUT2D eigenvalue weighted by Crippen LogP contribution is 2.20. The summed E-state index contributed by atoms with van der Waals surface area (Å²) in [6.07, 6.45) is 4.58. The van der Waals surface area contributed by atoms with Gasteiger partial charge < -0.3 is 4.74 Å². The first-order valence-electron chi connectivity index (χ1n) is 4.15. The van der Waals surface area contributed by atoms with Gasteiger partial charge in [-0.15, -0.1) is 0 Å². The zero-order chi connectivity index (χ0) is 9.03. The van der Waals surface area contributed by atoms with Crippen molar-refractivity contribution in [3.63, 3.8) is 0 Å². The number of hydrogen-bond acceptors (Lipinski definition) is 3. The maximum atomic E-state index is 10.3. The molecule has 1 fully saturated rings. The van der Waals surface area contributed by atoms with Crippen molar-refractivity contribution in [2.24, 2.45) is 0 Å². The van der Waals surface area contributed by atoms with Gasteiger partial charge in [0.05, 0.1) is 18.5 Å². The molecule has 0 aromatic carbocycles. The molecule has 0 bridgehead atoms. The Morgan fingerprint density at radius 3 is 2.42 bits per heavy atom. The summed E-state index contributed by atoms with van der Waals surface area (Å²) in [7, 11) is -3.84. The van der Waals surface area contributed by atoms with Gasteiger partial charge in [-0.3, -0.25) is 4.55 Å². The van der Waals surface area contributed by atoms with Crippen molar-refractivity contribution in [2.75, 3.05) is 12.4 Å². The first kappa shape index (κ1) is 9.95. The maximum Gasteiger partial charge on any atom is 0.267 e. The molecule has 0 aromatic rings. The van der Waals surface area contributed by atoms with Crippen molar-refractivity contribution in [1.82, 2.24) is 0 Å². The highest BCUT2D eigenvalue weighted by atomic mass is 32.2. The Balaban J connectivity index is 2.09. The monoisotopic (exact) mass is 194 g/mol. The second kappa shape index (κ2) is 4.20. The average Bonchev–Trinajstić information content (AvgIpc) is 2.36. The Kier molecular flexibility index (Phi) is 3.49. The Morgan fingerprint density at radius 1 is 1.33 bits per heavy atom. The second-order valence-electron chi connectivity index (χ2n) is 3.06. The van der Waals surface area contributed by atoms with E-state index in [1.807, 2.05) is 0 Å². The predicted octanol–water partition coefficient (Wildman–Crippen LogP) is 0.833. The molecule has 0 heterocycles. The lowest BCUT2D eigenvalue weighted by atomic mass is 10.3. The lowest BCUT2D eigenvalue weighted by Gasteiger charge is -2.09. The minimum absolute atomic E-state index is 0.115. The van der Waals surface area contributed by atoms with Crippen molar-refractivity contribution in [2.45, 2.75) is 31.8 Å². The van der Waals surface area contributed by atoms with Gasteiger partial charge in [-0.1, -0.05) is 12.8 Å². The van der Waals surface area contributed by atoms with Crippen LogP contribution in [-0.2, 0) is 14.9 Å². The van der Waals surface area contributed by atoms with Crippen LogP contribution in [0, 0.1) is 0 Å². The molecular weight excluding hydrogens is 180 g/mol. The fraction of sp³-hybridized carbons (Fsp3) is 1.00. The van der Waals surface area contributed by atoms with Crippen molar-refractivity contribution in [1.29, 1.82) is 0 Å². The summed E-state index contributed by atoms with van der Waals surface area (Å²) in [5.41, 5.74) is 0. The summed E-state index contributed by atoms with van der Waals surface area (Å²) in [4.78, 5) is 0. The van der Waals surface area contributed by atoms with Gasteiger partial charge in [0.25, 0.3) is 10.1 Å². The molecule has 5 heteroatoms. The Hall–Kier alpha value is -0.130. The first-order valence-corrected chi connectivity index (χ1v) is 5.75. The molecule has 72 valence electrons. The Bertz CT molecular complexity index is 216. The van der Waals surface area contributed by atoms with Gasteiger partial charge in [0.1, 0.15) is 0 Å². The third kappa shape index (κ3) is 4.04. The van der Waals surface area contributed by atoms with E-state index in [4.69, 9.17) is 9.29 Å². The van der Waals surface area contributed by atoms with Gasteiger partial charge in [-0.2, -0.15) is 8.42 Å². The molecule has 0 aromatic heterocycles. The summed E-state index contributed by atoms with van der Waals surface area (Å²) in [5, 5.41) is 0. The van der Waals surface area contributed by atoms with E-state index in [-0.39, 0.29) is 18.5 Å². The molecule has 0 aliphatic heterocycles. The van der Waals surface area contributed by atoms with Gasteiger partial charge in [0.15, 0.2) is 0 Å². The largest absolute Gasteiger partial charge is 0.377 e. The van der Waals surface area contributed by atoms with E-state index in [2.05, 4.69) is 0 Å². The minimum Gasteiger partial charge on any atom is -0.377 e. The average molecular weight is 194 g/mol. The molecule has 1 saturated carbocycles. The molecule has 0 radical (unpaired) electrons. The van der Waals surface area contributed by atoms with Gasteiger partial charge in [-0.25, -0.2) is 0 Å². The van der Waals surface area contributed by atoms with E-state index < -0.39 is 10.1 Å². The van der Waals surface area contributed by atoms with Crippen LogP contribution in [-0.4, -0.2) is 31.4 Å². The van der Waals surface area contributed by atoms with Crippen LogP contribution in [0.4, 0.5) is 0 Å². The molecule has 4 nitrogen and oxygen atoms in total. The normalized spacial score (nSPS) is 20.1. The lowest BCUT2D eigenvalue weighted by Crippen LogP contribution is -2.15. The Labute approximate surface area is 72.7 Å². The van der Waals surface area contributed by atoms with Crippen molar-refractivity contribution >= 4 is 10.1 Å². The molecule has 1 aliphatic rings. The zero-order valence-electron chi connectivity index (χ0n) is 6.90. The summed E-state index contributed by atoms with van der Waals surface area (Å²) >= 11 is 0. The third-order valence-electron chi connectivity index (χ3n) is 2.00. The van der Waals surface area contributed by atoms with Crippen LogP contribution < -0.4 is 0 Å². The van der Waals surface area contributed by atoms with Gasteiger partial charge in [0.2, 0.25) is 0 Å². The molecule has 0 saturated heterocycles. The molecule has 1 N–H and O–H groups in total. The molecular formula is C7H14O4S. The topological polar surface area (TPSA) is 63.6 Å². The zero-order valence-corrected chi connectivity index (χ0v) is 7.72. The van der Waals surface area contributed by atoms with E-state index in [9.17, 15) is 8.42 Å². The summed E-state index contributed by atoms with van der Waals surface area (Å²) in [6.45, 7) is 0.115. The quantitative estimate of drug-likeness (QED) is 0.673. The van der Waals surface area contributed by atoms with Crippen LogP contribution in [0.15, 0.2) is 0 Å². The molecule has 12 heavy (non-hydrogen) atoms. The molecule has 0 amide bonds. The Morgan fingerprint density at radius 2 is 1.92 bits per heavy atom. The van der Waals surface area contributed by atoms with E-state index in [0.717, 1.165) is 25.7 Å². The highest BCUT2D eigenvalue weighted by molar-refractivity contribution is 7.85. The standard InChI is InChI=1S/C7H14O4S/c8-12(9,10)6-5-11-7-3-1-2-4-7/h7H,1-6H2,(H,8,9,10). The molecule has 1 rings (SSSR count). The van der Waals surface area contributed by atoms with Gasteiger partial charge >= 0.3 is 0 Å². The van der Waals surface area contributed by atoms with Crippen LogP contribution in [0.2, 0.25) is 0 Å². The summed E-state index contributed by atoms with van der Waals surface area (Å²) in [6, 6.07) is 0. The first-order chi connectivity index (χ1) is 5.58. The fourth-order valence-electron chi connectivity index (χ4n) is 1.38. The number of hydrogen-bond donors (Lipinski definition) is 1. The summed E-state index contributed by atoms with van der Waals surface area (Å²) < 4.78 is 34.2. The van der Waals surface area contributed by atoms with Crippen LogP contribution >= 0.6 is 0 Å². The minimum atomic E-state index is -3.84. The molecule has 0 atom stereocenters. The van der Waals surface area contributed by atoms with Crippen LogP contribution in [0.1, 0.15) is 25.7 Å². The van der Waals surface area contributed by atoms with E-state index in [0.29, 0.717) is 0 Å². The smallest absolute Gasteiger partial charge is 0.267 e. The fourth-order valence-corrected chi connectivity index (χ4v) is 1.68. The number of rotatable bonds is 4. The lowest BCUT2D eigenvalue weighted by molar-refractivity contribution is 0.0691. The molecule has 0 spiro atoms. The van der Waals surface area contributed by atoms with Crippen LogP contribution in [0.3, 0.4) is 0 Å². The third-order valence-corrected chi connectivity index (χ3v) is 2.68. The SMILES string of the molecule is O=S(=O)(O)CCOC1CCCC1. The molecule has 0 unspecified atom stereocenters. The van der Waals surface area contributed by atoms with E-state index >= 15 is 0 Å². The van der Waals surface area contributed by atoms with Crippen molar-refractivity contribution in [3.05, 3.63) is 0 Å². The van der Waals surface area contributed by atoms with Crippen LogP contribution in [0.5, 0.6) is 0 Å². The highest BCUT2D eigenvalue weighted by Gasteiger charge is 2.15. The van der Waals surface area contributed by atoms with Gasteiger partial charge in [0, 0.05) is 0 Å². The van der Waals surface area contributed by atoms with E-state index in [1.54, 1.807) is 0 Å². The maximum absolute atomic E-state index is 10.3.